The van der Waals surface area contributed by atoms with Crippen molar-refractivity contribution in [3.8, 4) is 0 Å². The number of ether oxygens (including phenoxy) is 1. The van der Waals surface area contributed by atoms with E-state index in [-0.39, 0.29) is 35.4 Å². The minimum atomic E-state index is -0.897. The maximum atomic E-state index is 13.8. The van der Waals surface area contributed by atoms with Crippen LogP contribution >= 0.6 is 0 Å². The number of carbonyl (C=O) groups excluding carboxylic acids is 3. The van der Waals surface area contributed by atoms with E-state index >= 15 is 0 Å². The molecule has 0 radical (unpaired) electrons. The molecule has 174 valence electrons. The lowest BCUT2D eigenvalue weighted by Gasteiger charge is -2.36. The molecule has 0 saturated carbocycles. The number of para-hydroxylation sites is 1. The number of hydrogen-bond acceptors (Lipinski definition) is 7. The van der Waals surface area contributed by atoms with Crippen molar-refractivity contribution in [1.82, 2.24) is 4.90 Å². The first-order valence-electron chi connectivity index (χ1n) is 11.1. The van der Waals surface area contributed by atoms with Gasteiger partial charge in [-0.15, -0.1) is 0 Å². The topological polar surface area (TPSA) is 110 Å². The molecule has 2 aromatic carbocycles. The van der Waals surface area contributed by atoms with Gasteiger partial charge in [-0.1, -0.05) is 30.4 Å². The maximum Gasteiger partial charge on any atom is 0.269 e. The number of Topliss-reactive ketones (excluding diaryl/α,β-unsaturated/α-hetero) is 1. The quantitative estimate of drug-likeness (QED) is 0.205. The van der Waals surface area contributed by atoms with Crippen LogP contribution in [0.3, 0.4) is 0 Å². The molecule has 0 aliphatic carbocycles. The molecule has 4 atom stereocenters. The van der Waals surface area contributed by atoms with E-state index in [1.165, 1.54) is 29.2 Å². The Kier molecular flexibility index (Phi) is 5.49. The third kappa shape index (κ3) is 3.31. The van der Waals surface area contributed by atoms with Crippen LogP contribution in [0.4, 0.5) is 11.4 Å². The first kappa shape index (κ1) is 22.0. The lowest BCUT2D eigenvalue weighted by atomic mass is 9.86. The average Bonchev–Trinajstić information content (AvgIpc) is 3.32. The summed E-state index contributed by atoms with van der Waals surface area (Å²) in [5.74, 6) is -2.47. The molecule has 3 aliphatic heterocycles. The van der Waals surface area contributed by atoms with Crippen LogP contribution in [0.15, 0.2) is 54.6 Å². The number of nitro groups is 1. The van der Waals surface area contributed by atoms with Gasteiger partial charge >= 0.3 is 0 Å². The van der Waals surface area contributed by atoms with Gasteiger partial charge in [0, 0.05) is 43.6 Å². The lowest BCUT2D eigenvalue weighted by Crippen LogP contribution is -2.48. The van der Waals surface area contributed by atoms with E-state index in [0.717, 1.165) is 11.3 Å². The Morgan fingerprint density at radius 1 is 1.06 bits per heavy atom. The van der Waals surface area contributed by atoms with Gasteiger partial charge in [0.15, 0.2) is 5.78 Å². The summed E-state index contributed by atoms with van der Waals surface area (Å²) in [6.07, 6.45) is 4.34. The number of benzene rings is 2. The largest absolute Gasteiger partial charge is 0.385 e. The summed E-state index contributed by atoms with van der Waals surface area (Å²) < 4.78 is 5.06. The number of imide groups is 1. The Hall–Kier alpha value is -3.85. The molecule has 2 saturated heterocycles. The highest BCUT2D eigenvalue weighted by Crippen LogP contribution is 2.49. The van der Waals surface area contributed by atoms with E-state index in [1.54, 1.807) is 7.11 Å². The zero-order valence-corrected chi connectivity index (χ0v) is 18.5. The molecule has 9 nitrogen and oxygen atoms in total. The van der Waals surface area contributed by atoms with Gasteiger partial charge in [-0.2, -0.15) is 0 Å². The van der Waals surface area contributed by atoms with Gasteiger partial charge in [-0.25, -0.2) is 0 Å². The number of likely N-dealkylation sites (tertiary alicyclic amines) is 1. The van der Waals surface area contributed by atoms with E-state index in [4.69, 9.17) is 4.74 Å². The van der Waals surface area contributed by atoms with Crippen LogP contribution in [0.5, 0.6) is 0 Å². The third-order valence-electron chi connectivity index (χ3n) is 6.87. The van der Waals surface area contributed by atoms with Crippen LogP contribution in [0.1, 0.15) is 22.3 Å². The van der Waals surface area contributed by atoms with Gasteiger partial charge in [-0.05, 0) is 30.2 Å². The molecule has 2 fully saturated rings. The fourth-order valence-electron chi connectivity index (χ4n) is 5.38. The summed E-state index contributed by atoms with van der Waals surface area (Å²) in [5.41, 5.74) is 1.83. The van der Waals surface area contributed by atoms with Crippen LogP contribution in [0.25, 0.3) is 6.08 Å². The molecule has 3 heterocycles. The van der Waals surface area contributed by atoms with Gasteiger partial charge in [0.05, 0.1) is 22.8 Å². The minimum absolute atomic E-state index is 0.124. The van der Waals surface area contributed by atoms with Gasteiger partial charge in [-0.3, -0.25) is 29.4 Å². The predicted octanol–water partition coefficient (Wildman–Crippen LogP) is 2.70. The fourth-order valence-corrected chi connectivity index (χ4v) is 5.38. The summed E-state index contributed by atoms with van der Waals surface area (Å²) in [7, 11) is 1.56. The normalized spacial score (nSPS) is 24.7. The Morgan fingerprint density at radius 2 is 1.76 bits per heavy atom. The fraction of sp³-hybridized carbons (Fsp3) is 0.320. The highest BCUT2D eigenvalue weighted by Gasteiger charge is 2.63. The van der Waals surface area contributed by atoms with Crippen molar-refractivity contribution in [3.63, 3.8) is 0 Å². The highest BCUT2D eigenvalue weighted by atomic mass is 16.6. The van der Waals surface area contributed by atoms with E-state index in [1.807, 2.05) is 41.3 Å². The van der Waals surface area contributed by atoms with Crippen molar-refractivity contribution in [2.24, 2.45) is 11.8 Å². The molecular weight excluding hydrogens is 438 g/mol. The number of fused-ring (bicyclic) bond motifs is 5. The highest BCUT2D eigenvalue weighted by molar-refractivity contribution is 6.14. The smallest absolute Gasteiger partial charge is 0.269 e. The summed E-state index contributed by atoms with van der Waals surface area (Å²) >= 11 is 0. The first-order valence-corrected chi connectivity index (χ1v) is 11.1. The van der Waals surface area contributed by atoms with Gasteiger partial charge in [0.1, 0.15) is 6.04 Å². The zero-order valence-electron chi connectivity index (χ0n) is 18.5. The summed E-state index contributed by atoms with van der Waals surface area (Å²) in [4.78, 5) is 54.4. The van der Waals surface area contributed by atoms with Crippen molar-refractivity contribution >= 4 is 35.0 Å². The number of ketones is 1. The second-order valence-corrected chi connectivity index (χ2v) is 8.65. The van der Waals surface area contributed by atoms with Crippen LogP contribution in [-0.4, -0.2) is 59.8 Å². The number of nitro benzene ring substituents is 1. The number of rotatable bonds is 7. The summed E-state index contributed by atoms with van der Waals surface area (Å²) in [5, 5.41) is 11.0. The van der Waals surface area contributed by atoms with E-state index < -0.39 is 28.8 Å². The Bertz CT molecular complexity index is 1210. The molecule has 2 aromatic rings. The maximum absolute atomic E-state index is 13.8. The molecule has 9 heteroatoms. The summed E-state index contributed by atoms with van der Waals surface area (Å²) in [6, 6.07) is 11.6. The number of carbonyl (C=O) groups is 3. The van der Waals surface area contributed by atoms with Crippen molar-refractivity contribution in [2.75, 3.05) is 25.2 Å². The Morgan fingerprint density at radius 3 is 2.47 bits per heavy atom. The van der Waals surface area contributed by atoms with Crippen LogP contribution < -0.4 is 4.90 Å². The summed E-state index contributed by atoms with van der Waals surface area (Å²) in [6.45, 7) is 0.657. The number of anilines is 1. The number of amides is 2. The number of non-ortho nitro benzene ring substituents is 1. The molecule has 0 spiro atoms. The molecule has 0 unspecified atom stereocenters. The predicted molar refractivity (Wildman–Crippen MR) is 123 cm³/mol. The van der Waals surface area contributed by atoms with Crippen molar-refractivity contribution in [2.45, 2.75) is 18.5 Å². The molecular formula is C25H23N3O6. The van der Waals surface area contributed by atoms with Crippen molar-refractivity contribution in [1.29, 1.82) is 0 Å². The monoisotopic (exact) mass is 461 g/mol. The van der Waals surface area contributed by atoms with Crippen molar-refractivity contribution < 1.29 is 24.0 Å². The minimum Gasteiger partial charge on any atom is -0.385 e. The number of methoxy groups -OCH3 is 1. The van der Waals surface area contributed by atoms with Crippen LogP contribution in [0.2, 0.25) is 0 Å². The SMILES string of the molecule is COCCCN1C(=O)[C@@H]2[C@H](C1=O)[C@H]1C=Cc3ccccc3N1[C@H]2C(=O)c1ccc([N+](=O)[O-])cc1. The van der Waals surface area contributed by atoms with Gasteiger partial charge in [0.25, 0.3) is 5.69 Å². The van der Waals surface area contributed by atoms with Gasteiger partial charge < -0.3 is 9.64 Å². The molecule has 0 bridgehead atoms. The third-order valence-corrected chi connectivity index (χ3v) is 6.87. The van der Waals surface area contributed by atoms with E-state index in [9.17, 15) is 24.5 Å². The Labute approximate surface area is 195 Å². The number of nitrogens with zero attached hydrogens (tertiary/aromatic N) is 3. The van der Waals surface area contributed by atoms with E-state index in [2.05, 4.69) is 0 Å². The van der Waals surface area contributed by atoms with Gasteiger partial charge in [0.2, 0.25) is 11.8 Å². The molecule has 34 heavy (non-hydrogen) atoms. The molecule has 0 N–H and O–H groups in total. The first-order chi connectivity index (χ1) is 16.4. The Balaban J connectivity index is 1.57. The molecule has 5 rings (SSSR count). The zero-order chi connectivity index (χ0) is 24.0. The number of hydrogen-bond donors (Lipinski definition) is 0. The second kappa shape index (κ2) is 8.49. The lowest BCUT2D eigenvalue weighted by molar-refractivity contribution is -0.384. The molecule has 2 amide bonds. The second-order valence-electron chi connectivity index (χ2n) is 8.65. The van der Waals surface area contributed by atoms with Crippen molar-refractivity contribution in [3.05, 3.63) is 75.8 Å². The van der Waals surface area contributed by atoms with E-state index in [0.29, 0.717) is 13.0 Å². The molecule has 0 aromatic heterocycles. The average molecular weight is 461 g/mol. The standard InChI is InChI=1S/C25H23N3O6/c1-34-14-4-13-26-24(30)20-19-12-9-15-5-2-3-6-18(15)27(19)22(21(20)25(26)31)23(29)16-7-10-17(11-8-16)28(32)33/h2-3,5-12,19-22H,4,13-14H2,1H3/t19-,20-,21-,22-/m1/s1. The molecule has 3 aliphatic rings. The van der Waals surface area contributed by atoms with Crippen LogP contribution in [0, 0.1) is 22.0 Å². The van der Waals surface area contributed by atoms with Crippen LogP contribution in [-0.2, 0) is 14.3 Å².